The maximum Gasteiger partial charge on any atom is 0.202 e. The van der Waals surface area contributed by atoms with Gasteiger partial charge in [-0.25, -0.2) is 0 Å². The van der Waals surface area contributed by atoms with Crippen molar-refractivity contribution in [2.75, 3.05) is 5.88 Å². The fourth-order valence-electron chi connectivity index (χ4n) is 3.05. The Morgan fingerprint density at radius 1 is 1.00 bits per heavy atom. The molecule has 1 aliphatic carbocycles. The molecule has 1 fully saturated rings. The molecule has 4 rings (SSSR count). The fraction of sp³-hybridized carbons (Fsp3) is 0.188. The quantitative estimate of drug-likeness (QED) is 0.587. The lowest BCUT2D eigenvalue weighted by molar-refractivity contribution is 0.0868. The number of hydrogen-bond acceptors (Lipinski definition) is 2. The van der Waals surface area contributed by atoms with Crippen molar-refractivity contribution in [3.8, 4) is 11.1 Å². The van der Waals surface area contributed by atoms with Crippen LogP contribution in [-0.2, 0) is 10.3 Å². The molecule has 94 valence electrons. The second-order valence-electron chi connectivity index (χ2n) is 4.92. The van der Waals surface area contributed by atoms with Crippen LogP contribution in [0, 0.1) is 0 Å². The van der Waals surface area contributed by atoms with Crippen LogP contribution < -0.4 is 0 Å². The molecular formula is C16H11ClO2. The summed E-state index contributed by atoms with van der Waals surface area (Å²) in [5.41, 5.74) is 2.90. The predicted octanol–water partition coefficient (Wildman–Crippen LogP) is 3.38. The summed E-state index contributed by atoms with van der Waals surface area (Å²) in [6.45, 7) is 0. The van der Waals surface area contributed by atoms with E-state index in [1.54, 1.807) is 0 Å². The first-order valence-corrected chi connectivity index (χ1v) is 6.80. The van der Waals surface area contributed by atoms with E-state index in [1.165, 1.54) is 0 Å². The average Bonchev–Trinajstić information content (AvgIpc) is 3.21. The highest BCUT2D eigenvalue weighted by molar-refractivity contribution is 6.20. The number of carbonyl (C=O) groups excluding carboxylic acids is 1. The molecule has 1 aliphatic heterocycles. The molecule has 2 nitrogen and oxygen atoms in total. The van der Waals surface area contributed by atoms with E-state index in [4.69, 9.17) is 16.3 Å². The van der Waals surface area contributed by atoms with Crippen LogP contribution in [0.15, 0.2) is 48.5 Å². The number of alkyl halides is 1. The smallest absolute Gasteiger partial charge is 0.202 e. The van der Waals surface area contributed by atoms with E-state index >= 15 is 0 Å². The standard InChI is InChI=1S/C16H11ClO2/c17-9-14-16(19-14)13-8-4-3-6-11(13)10-5-1-2-7-12(10)15(16)18/h1-8,14H,9H2. The summed E-state index contributed by atoms with van der Waals surface area (Å²) in [7, 11) is 0. The van der Waals surface area contributed by atoms with E-state index in [1.807, 2.05) is 48.5 Å². The van der Waals surface area contributed by atoms with Crippen molar-refractivity contribution in [2.45, 2.75) is 11.7 Å². The van der Waals surface area contributed by atoms with Crippen LogP contribution in [-0.4, -0.2) is 17.8 Å². The minimum Gasteiger partial charge on any atom is -0.351 e. The minimum absolute atomic E-state index is 0.0347. The SMILES string of the molecule is O=C1c2ccccc2-c2ccccc2C12OC2CCl. The summed E-state index contributed by atoms with van der Waals surface area (Å²) >= 11 is 5.90. The van der Waals surface area contributed by atoms with Crippen molar-refractivity contribution >= 4 is 17.4 Å². The molecule has 0 amide bonds. The van der Waals surface area contributed by atoms with Crippen LogP contribution >= 0.6 is 11.6 Å². The molecule has 1 spiro atoms. The molecule has 1 heterocycles. The highest BCUT2D eigenvalue weighted by Crippen LogP contribution is 2.55. The number of epoxide rings is 1. The van der Waals surface area contributed by atoms with Crippen LogP contribution in [0.1, 0.15) is 15.9 Å². The number of hydrogen-bond donors (Lipinski definition) is 0. The normalized spacial score (nSPS) is 27.0. The second kappa shape index (κ2) is 3.69. The van der Waals surface area contributed by atoms with E-state index in [-0.39, 0.29) is 11.9 Å². The van der Waals surface area contributed by atoms with Gasteiger partial charge in [-0.05, 0) is 11.1 Å². The molecule has 0 radical (unpaired) electrons. The Morgan fingerprint density at radius 2 is 1.63 bits per heavy atom. The molecule has 0 aromatic heterocycles. The predicted molar refractivity (Wildman–Crippen MR) is 73.5 cm³/mol. The minimum atomic E-state index is -0.841. The van der Waals surface area contributed by atoms with Crippen molar-refractivity contribution in [2.24, 2.45) is 0 Å². The molecule has 19 heavy (non-hydrogen) atoms. The molecule has 2 aromatic rings. The Balaban J connectivity index is 2.04. The first-order chi connectivity index (χ1) is 9.29. The molecule has 2 atom stereocenters. The molecule has 2 aliphatic rings. The first kappa shape index (κ1) is 11.2. The van der Waals surface area contributed by atoms with Crippen LogP contribution in [0.5, 0.6) is 0 Å². The van der Waals surface area contributed by atoms with Gasteiger partial charge in [0.15, 0.2) is 5.60 Å². The van der Waals surface area contributed by atoms with Gasteiger partial charge in [0.1, 0.15) is 6.10 Å². The Morgan fingerprint density at radius 3 is 2.32 bits per heavy atom. The van der Waals surface area contributed by atoms with Gasteiger partial charge in [0, 0.05) is 11.1 Å². The van der Waals surface area contributed by atoms with E-state index in [2.05, 4.69) is 0 Å². The van der Waals surface area contributed by atoms with E-state index < -0.39 is 5.60 Å². The van der Waals surface area contributed by atoms with E-state index in [9.17, 15) is 4.79 Å². The molecule has 0 bridgehead atoms. The van der Waals surface area contributed by atoms with Crippen LogP contribution in [0.2, 0.25) is 0 Å². The molecule has 1 saturated heterocycles. The van der Waals surface area contributed by atoms with Gasteiger partial charge in [-0.3, -0.25) is 4.79 Å². The molecule has 2 aromatic carbocycles. The Hall–Kier alpha value is -1.64. The molecular weight excluding hydrogens is 260 g/mol. The van der Waals surface area contributed by atoms with Crippen LogP contribution in [0.4, 0.5) is 0 Å². The number of ketones is 1. The molecule has 0 N–H and O–H groups in total. The van der Waals surface area contributed by atoms with Crippen molar-refractivity contribution in [3.63, 3.8) is 0 Å². The van der Waals surface area contributed by atoms with Crippen molar-refractivity contribution in [1.29, 1.82) is 0 Å². The third-order valence-corrected chi connectivity index (χ3v) is 4.27. The third-order valence-electron chi connectivity index (χ3n) is 3.99. The average molecular weight is 271 g/mol. The maximum absolute atomic E-state index is 12.7. The summed E-state index contributed by atoms with van der Waals surface area (Å²) < 4.78 is 5.71. The Kier molecular flexibility index (Phi) is 2.17. The van der Waals surface area contributed by atoms with Gasteiger partial charge in [-0.1, -0.05) is 48.5 Å². The van der Waals surface area contributed by atoms with Gasteiger partial charge in [-0.2, -0.15) is 0 Å². The number of halogens is 1. The highest BCUT2D eigenvalue weighted by atomic mass is 35.5. The van der Waals surface area contributed by atoms with Crippen LogP contribution in [0.25, 0.3) is 11.1 Å². The van der Waals surface area contributed by atoms with Crippen LogP contribution in [0.3, 0.4) is 0 Å². The topological polar surface area (TPSA) is 29.6 Å². The second-order valence-corrected chi connectivity index (χ2v) is 5.23. The summed E-state index contributed by atoms with van der Waals surface area (Å²) in [4.78, 5) is 12.7. The monoisotopic (exact) mass is 270 g/mol. The lowest BCUT2D eigenvalue weighted by Crippen LogP contribution is -2.30. The fourth-order valence-corrected chi connectivity index (χ4v) is 3.33. The maximum atomic E-state index is 12.7. The van der Waals surface area contributed by atoms with Gasteiger partial charge >= 0.3 is 0 Å². The van der Waals surface area contributed by atoms with Crippen molar-refractivity contribution < 1.29 is 9.53 Å². The van der Waals surface area contributed by atoms with Gasteiger partial charge in [0.25, 0.3) is 0 Å². The summed E-state index contributed by atoms with van der Waals surface area (Å²) in [6.07, 6.45) is -0.212. The van der Waals surface area contributed by atoms with E-state index in [0.717, 1.165) is 22.3 Å². The van der Waals surface area contributed by atoms with Gasteiger partial charge in [0.2, 0.25) is 5.78 Å². The zero-order valence-electron chi connectivity index (χ0n) is 10.1. The van der Waals surface area contributed by atoms with Crippen molar-refractivity contribution in [3.05, 3.63) is 59.7 Å². The van der Waals surface area contributed by atoms with Gasteiger partial charge in [0.05, 0.1) is 5.88 Å². The number of ether oxygens (including phenoxy) is 1. The number of benzene rings is 2. The summed E-state index contributed by atoms with van der Waals surface area (Å²) in [5, 5.41) is 0. The lowest BCUT2D eigenvalue weighted by atomic mass is 9.76. The number of Topliss-reactive ketones (excluding diaryl/α,β-unsaturated/α-hetero) is 1. The largest absolute Gasteiger partial charge is 0.351 e. The summed E-state index contributed by atoms with van der Waals surface area (Å²) in [6, 6.07) is 15.6. The van der Waals surface area contributed by atoms with Gasteiger partial charge in [-0.15, -0.1) is 11.6 Å². The Labute approximate surface area is 116 Å². The highest BCUT2D eigenvalue weighted by Gasteiger charge is 2.65. The molecule has 0 saturated carbocycles. The zero-order chi connectivity index (χ0) is 13.0. The van der Waals surface area contributed by atoms with Crippen molar-refractivity contribution in [1.82, 2.24) is 0 Å². The number of carbonyl (C=O) groups is 1. The third kappa shape index (κ3) is 1.28. The first-order valence-electron chi connectivity index (χ1n) is 6.26. The summed E-state index contributed by atoms with van der Waals surface area (Å²) in [5.74, 6) is 0.370. The number of fused-ring (bicyclic) bond motifs is 4. The lowest BCUT2D eigenvalue weighted by Gasteiger charge is -2.24. The zero-order valence-corrected chi connectivity index (χ0v) is 10.9. The molecule has 2 unspecified atom stereocenters. The van der Waals surface area contributed by atoms with E-state index in [0.29, 0.717) is 5.88 Å². The molecule has 3 heteroatoms. The van der Waals surface area contributed by atoms with Gasteiger partial charge < -0.3 is 4.74 Å². The Bertz CT molecular complexity index is 695. The number of rotatable bonds is 1.